The Labute approximate surface area is 149 Å². The zero-order valence-corrected chi connectivity index (χ0v) is 15.8. The molecule has 1 saturated carbocycles. The number of carbonyl (C=O) groups is 1. The van der Waals surface area contributed by atoms with Crippen molar-refractivity contribution in [1.82, 2.24) is 9.21 Å². The summed E-state index contributed by atoms with van der Waals surface area (Å²) in [6, 6.07) is 6.18. The third kappa shape index (κ3) is 4.71. The fourth-order valence-corrected chi connectivity index (χ4v) is 4.27. The first-order valence-corrected chi connectivity index (χ1v) is 10.1. The molecule has 1 amide bonds. The molecule has 0 unspecified atom stereocenters. The summed E-state index contributed by atoms with van der Waals surface area (Å²) < 4.78 is 26.2. The quantitative estimate of drug-likeness (QED) is 0.746. The summed E-state index contributed by atoms with van der Waals surface area (Å²) in [5.74, 6) is -0.165. The minimum absolute atomic E-state index is 0.138. The summed E-state index contributed by atoms with van der Waals surface area (Å²) in [6.07, 6.45) is 6.67. The third-order valence-corrected chi connectivity index (χ3v) is 6.72. The van der Waals surface area contributed by atoms with Crippen molar-refractivity contribution >= 4 is 27.5 Å². The van der Waals surface area contributed by atoms with Crippen molar-refractivity contribution < 1.29 is 13.2 Å². The normalized spacial score (nSPS) is 16.8. The lowest BCUT2D eigenvalue weighted by atomic mass is 10.1. The van der Waals surface area contributed by atoms with E-state index in [0.29, 0.717) is 5.02 Å². The average molecular weight is 373 g/mol. The van der Waals surface area contributed by atoms with Gasteiger partial charge in [0.15, 0.2) is 0 Å². The van der Waals surface area contributed by atoms with Gasteiger partial charge in [0.1, 0.15) is 0 Å². The first kappa shape index (κ1) is 19.2. The fourth-order valence-electron chi connectivity index (χ4n) is 3.02. The second kappa shape index (κ2) is 8.32. The van der Waals surface area contributed by atoms with Gasteiger partial charge in [0.05, 0.1) is 11.4 Å². The van der Waals surface area contributed by atoms with Crippen molar-refractivity contribution in [3.05, 3.63) is 29.3 Å². The van der Waals surface area contributed by atoms with Crippen molar-refractivity contribution in [2.24, 2.45) is 0 Å². The number of benzene rings is 1. The van der Waals surface area contributed by atoms with Crippen LogP contribution < -0.4 is 0 Å². The number of hydrogen-bond donors (Lipinski definition) is 0. The lowest BCUT2D eigenvalue weighted by Crippen LogP contribution is -2.43. The molecule has 1 fully saturated rings. The number of nitrogens with zero attached hydrogens (tertiary/aromatic N) is 2. The molecule has 0 radical (unpaired) electrons. The van der Waals surface area contributed by atoms with E-state index in [9.17, 15) is 13.2 Å². The maximum Gasteiger partial charge on any atom is 0.243 e. The van der Waals surface area contributed by atoms with Crippen molar-refractivity contribution in [3.8, 4) is 0 Å². The van der Waals surface area contributed by atoms with Crippen LogP contribution in [0.5, 0.6) is 0 Å². The van der Waals surface area contributed by atoms with Gasteiger partial charge in [0.2, 0.25) is 15.9 Å². The Bertz CT molecular complexity index is 653. The minimum Gasteiger partial charge on any atom is -0.342 e. The Morgan fingerprint density at radius 2 is 1.62 bits per heavy atom. The van der Waals surface area contributed by atoms with E-state index in [1.807, 2.05) is 0 Å². The van der Waals surface area contributed by atoms with E-state index in [0.717, 1.165) is 30.0 Å². The van der Waals surface area contributed by atoms with Crippen molar-refractivity contribution in [2.75, 3.05) is 20.6 Å². The summed E-state index contributed by atoms with van der Waals surface area (Å²) >= 11 is 5.80. The van der Waals surface area contributed by atoms with Crippen LogP contribution in [-0.2, 0) is 14.8 Å². The number of sulfonamides is 1. The van der Waals surface area contributed by atoms with E-state index in [2.05, 4.69) is 0 Å². The molecule has 1 aliphatic rings. The molecule has 1 aromatic carbocycles. The molecule has 0 N–H and O–H groups in total. The minimum atomic E-state index is -3.70. The van der Waals surface area contributed by atoms with Crippen LogP contribution in [-0.4, -0.2) is 50.2 Å². The molecule has 0 spiro atoms. The lowest BCUT2D eigenvalue weighted by Gasteiger charge is -2.29. The zero-order chi connectivity index (χ0) is 17.7. The summed E-state index contributed by atoms with van der Waals surface area (Å²) in [5, 5.41) is 0.473. The predicted octanol–water partition coefficient (Wildman–Crippen LogP) is 3.14. The molecule has 0 aliphatic heterocycles. The van der Waals surface area contributed by atoms with Gasteiger partial charge in [0.25, 0.3) is 0 Å². The topological polar surface area (TPSA) is 57.7 Å². The first-order valence-electron chi connectivity index (χ1n) is 8.30. The Morgan fingerprint density at radius 1 is 1.08 bits per heavy atom. The van der Waals surface area contributed by atoms with Gasteiger partial charge in [-0.15, -0.1) is 0 Å². The van der Waals surface area contributed by atoms with Gasteiger partial charge in [-0.05, 0) is 37.1 Å². The molecule has 24 heavy (non-hydrogen) atoms. The second-order valence-electron chi connectivity index (χ2n) is 6.37. The number of amides is 1. The van der Waals surface area contributed by atoms with Crippen LogP contribution in [0.3, 0.4) is 0 Å². The molecule has 5 nitrogen and oxygen atoms in total. The van der Waals surface area contributed by atoms with E-state index in [1.165, 1.54) is 44.2 Å². The summed E-state index contributed by atoms with van der Waals surface area (Å²) in [4.78, 5) is 14.4. The number of rotatable bonds is 5. The maximum atomic E-state index is 12.5. The Kier molecular flexibility index (Phi) is 6.66. The van der Waals surface area contributed by atoms with Gasteiger partial charge in [-0.3, -0.25) is 4.79 Å². The Morgan fingerprint density at radius 3 is 2.17 bits per heavy atom. The number of carbonyl (C=O) groups excluding carboxylic acids is 1. The van der Waals surface area contributed by atoms with E-state index < -0.39 is 10.0 Å². The number of hydrogen-bond acceptors (Lipinski definition) is 3. The van der Waals surface area contributed by atoms with E-state index in [-0.39, 0.29) is 23.4 Å². The molecule has 2 rings (SSSR count). The molecule has 0 aromatic heterocycles. The standard InChI is InChI=1S/C17H25ClN2O3S/c1-19(24(22,23)16-11-9-14(18)10-12-16)13-17(21)20(2)15-7-5-3-4-6-8-15/h9-12,15H,3-8,13H2,1-2H3. The average Bonchev–Trinajstić information content (AvgIpc) is 2.83. The molecule has 0 saturated heterocycles. The molecule has 1 aliphatic carbocycles. The maximum absolute atomic E-state index is 12.5. The zero-order valence-electron chi connectivity index (χ0n) is 14.2. The highest BCUT2D eigenvalue weighted by molar-refractivity contribution is 7.89. The lowest BCUT2D eigenvalue weighted by molar-refractivity contribution is -0.132. The summed E-state index contributed by atoms with van der Waals surface area (Å²) in [5.41, 5.74) is 0. The van der Waals surface area contributed by atoms with E-state index >= 15 is 0 Å². The van der Waals surface area contributed by atoms with Crippen molar-refractivity contribution in [3.63, 3.8) is 0 Å². The largest absolute Gasteiger partial charge is 0.342 e. The molecule has 1 aromatic rings. The fraction of sp³-hybridized carbons (Fsp3) is 0.588. The van der Waals surface area contributed by atoms with Gasteiger partial charge in [-0.2, -0.15) is 4.31 Å². The Balaban J connectivity index is 2.03. The van der Waals surface area contributed by atoms with Crippen LogP contribution in [0.15, 0.2) is 29.2 Å². The van der Waals surface area contributed by atoms with Gasteiger partial charge >= 0.3 is 0 Å². The van der Waals surface area contributed by atoms with Crippen LogP contribution >= 0.6 is 11.6 Å². The smallest absolute Gasteiger partial charge is 0.243 e. The number of halogens is 1. The van der Waals surface area contributed by atoms with E-state index in [4.69, 9.17) is 11.6 Å². The molecule has 0 heterocycles. The third-order valence-electron chi connectivity index (χ3n) is 4.65. The van der Waals surface area contributed by atoms with Crippen LogP contribution in [0.1, 0.15) is 38.5 Å². The number of likely N-dealkylation sites (N-methyl/N-ethyl adjacent to an activating group) is 2. The molecular weight excluding hydrogens is 348 g/mol. The van der Waals surface area contributed by atoms with E-state index in [1.54, 1.807) is 11.9 Å². The molecule has 7 heteroatoms. The molecule has 134 valence electrons. The predicted molar refractivity (Wildman–Crippen MR) is 95.5 cm³/mol. The SMILES string of the molecule is CN(C(=O)CN(C)S(=O)(=O)c1ccc(Cl)cc1)C1CCCCCC1. The molecule has 0 bridgehead atoms. The molecular formula is C17H25ClN2O3S. The monoisotopic (exact) mass is 372 g/mol. The second-order valence-corrected chi connectivity index (χ2v) is 8.85. The highest BCUT2D eigenvalue weighted by Crippen LogP contribution is 2.22. The van der Waals surface area contributed by atoms with Crippen LogP contribution in [0.25, 0.3) is 0 Å². The van der Waals surface area contributed by atoms with Gasteiger partial charge in [0, 0.05) is 25.2 Å². The summed E-state index contributed by atoms with van der Waals surface area (Å²) in [6.45, 7) is -0.155. The highest BCUT2D eigenvalue weighted by atomic mass is 35.5. The van der Waals surface area contributed by atoms with Crippen LogP contribution in [0.2, 0.25) is 5.02 Å². The van der Waals surface area contributed by atoms with Gasteiger partial charge in [-0.25, -0.2) is 8.42 Å². The van der Waals surface area contributed by atoms with Crippen LogP contribution in [0.4, 0.5) is 0 Å². The first-order chi connectivity index (χ1) is 11.3. The highest BCUT2D eigenvalue weighted by Gasteiger charge is 2.27. The van der Waals surface area contributed by atoms with Gasteiger partial charge in [-0.1, -0.05) is 37.3 Å². The Hall–Kier alpha value is -1.11. The molecule has 0 atom stereocenters. The van der Waals surface area contributed by atoms with Crippen molar-refractivity contribution in [1.29, 1.82) is 0 Å². The summed E-state index contributed by atoms with van der Waals surface area (Å²) in [7, 11) is -0.483. The van der Waals surface area contributed by atoms with Crippen LogP contribution in [0, 0.1) is 0 Å². The van der Waals surface area contributed by atoms with Crippen molar-refractivity contribution in [2.45, 2.75) is 49.5 Å². The van der Waals surface area contributed by atoms with Gasteiger partial charge < -0.3 is 4.90 Å².